The number of alkyl halides is 3. The maximum atomic E-state index is 12.2. The van der Waals surface area contributed by atoms with Crippen molar-refractivity contribution in [2.45, 2.75) is 31.5 Å². The molecule has 0 bridgehead atoms. The molecule has 2 aliphatic heterocycles. The van der Waals surface area contributed by atoms with Crippen molar-refractivity contribution < 1.29 is 42.1 Å². The van der Waals surface area contributed by atoms with E-state index < -0.39 is 12.1 Å². The number of carboxylic acid groups (broad SMARTS) is 1. The number of hydrogen-bond donors (Lipinski definition) is 1. The molecule has 0 saturated carbocycles. The molecular weight excluding hydrogens is 423 g/mol. The molecule has 0 spiro atoms. The molecule has 3 heterocycles. The van der Waals surface area contributed by atoms with Gasteiger partial charge in [-0.15, -0.1) is 0 Å². The van der Waals surface area contributed by atoms with E-state index in [0.29, 0.717) is 25.6 Å². The van der Waals surface area contributed by atoms with Gasteiger partial charge < -0.3 is 28.8 Å². The Balaban J connectivity index is 0.000000423. The number of carbonyl (C=O) groups is 2. The number of aryl methyl sites for hydroxylation is 1. The summed E-state index contributed by atoms with van der Waals surface area (Å²) >= 11 is 0. The molecule has 1 aromatic rings. The van der Waals surface area contributed by atoms with E-state index in [4.69, 9.17) is 24.1 Å². The highest BCUT2D eigenvalue weighted by Crippen LogP contribution is 2.28. The number of ether oxygens (including phenoxy) is 3. The minimum absolute atomic E-state index is 0.00299. The summed E-state index contributed by atoms with van der Waals surface area (Å²) in [5.74, 6) is -2.02. The van der Waals surface area contributed by atoms with E-state index in [1.165, 1.54) is 5.69 Å². The van der Waals surface area contributed by atoms with Gasteiger partial charge in [-0.25, -0.2) is 9.78 Å². The molecule has 0 aliphatic carbocycles. The number of imidazole rings is 1. The monoisotopic (exact) mass is 451 g/mol. The third kappa shape index (κ3) is 7.47. The highest BCUT2D eigenvalue weighted by Gasteiger charge is 2.38. The van der Waals surface area contributed by atoms with Crippen LogP contribution in [-0.2, 0) is 37.4 Å². The first-order chi connectivity index (χ1) is 14.6. The standard InChI is InChI=1S/C17H27N3O4.C2HF3O2/c1-19-12-18-15-8-20(16(21)11-22-2)7-14(17(15)19)10-24-9-13-3-5-23-6-4-13;3-2(4,5)1(6)7/h12-14H,3-11H2,1-2H3;(H,6,7). The second-order valence-electron chi connectivity index (χ2n) is 7.49. The predicted octanol–water partition coefficient (Wildman–Crippen LogP) is 1.57. The van der Waals surface area contributed by atoms with Gasteiger partial charge in [0.1, 0.15) is 6.61 Å². The highest BCUT2D eigenvalue weighted by molar-refractivity contribution is 5.77. The van der Waals surface area contributed by atoms with Gasteiger partial charge >= 0.3 is 12.1 Å². The zero-order chi connectivity index (χ0) is 23.0. The molecule has 12 heteroatoms. The number of halogens is 3. The Kier molecular flexibility index (Phi) is 9.26. The van der Waals surface area contributed by atoms with Crippen LogP contribution in [0.2, 0.25) is 0 Å². The van der Waals surface area contributed by atoms with E-state index in [0.717, 1.165) is 38.4 Å². The molecule has 9 nitrogen and oxygen atoms in total. The van der Waals surface area contributed by atoms with Crippen LogP contribution in [0.3, 0.4) is 0 Å². The average molecular weight is 451 g/mol. The maximum absolute atomic E-state index is 12.2. The average Bonchev–Trinajstić information content (AvgIpc) is 3.10. The molecule has 1 fully saturated rings. The fourth-order valence-corrected chi connectivity index (χ4v) is 3.56. The quantitative estimate of drug-likeness (QED) is 0.700. The molecule has 1 saturated heterocycles. The molecule has 3 rings (SSSR count). The maximum Gasteiger partial charge on any atom is 0.490 e. The van der Waals surface area contributed by atoms with E-state index in [-0.39, 0.29) is 18.4 Å². The summed E-state index contributed by atoms with van der Waals surface area (Å²) in [4.78, 5) is 27.4. The van der Waals surface area contributed by atoms with Crippen LogP contribution < -0.4 is 0 Å². The first kappa shape index (κ1) is 25.1. The lowest BCUT2D eigenvalue weighted by Gasteiger charge is -2.33. The number of hydrogen-bond acceptors (Lipinski definition) is 6. The summed E-state index contributed by atoms with van der Waals surface area (Å²) in [5.41, 5.74) is 2.15. The molecule has 31 heavy (non-hydrogen) atoms. The fourth-order valence-electron chi connectivity index (χ4n) is 3.56. The number of amides is 1. The van der Waals surface area contributed by atoms with Crippen LogP contribution in [0.4, 0.5) is 13.2 Å². The van der Waals surface area contributed by atoms with Crippen molar-refractivity contribution in [2.75, 3.05) is 46.7 Å². The van der Waals surface area contributed by atoms with Crippen molar-refractivity contribution in [3.8, 4) is 0 Å². The van der Waals surface area contributed by atoms with E-state index in [1.807, 2.05) is 18.3 Å². The number of rotatable bonds is 6. The van der Waals surface area contributed by atoms with Crippen LogP contribution in [0.5, 0.6) is 0 Å². The van der Waals surface area contributed by atoms with Crippen LogP contribution in [-0.4, -0.2) is 84.3 Å². The first-order valence-corrected chi connectivity index (χ1v) is 9.85. The number of fused-ring (bicyclic) bond motifs is 1. The summed E-state index contributed by atoms with van der Waals surface area (Å²) in [5, 5.41) is 7.12. The normalized spacial score (nSPS) is 19.4. The third-order valence-electron chi connectivity index (χ3n) is 5.11. The fraction of sp³-hybridized carbons (Fsp3) is 0.737. The zero-order valence-electron chi connectivity index (χ0n) is 17.6. The minimum Gasteiger partial charge on any atom is -0.475 e. The number of carboxylic acids is 1. The Morgan fingerprint density at radius 1 is 1.29 bits per heavy atom. The lowest BCUT2D eigenvalue weighted by Crippen LogP contribution is -2.41. The molecule has 2 aliphatic rings. The van der Waals surface area contributed by atoms with Gasteiger partial charge in [0.15, 0.2) is 0 Å². The second-order valence-corrected chi connectivity index (χ2v) is 7.49. The van der Waals surface area contributed by atoms with E-state index in [1.54, 1.807) is 7.11 Å². The molecule has 176 valence electrons. The van der Waals surface area contributed by atoms with Gasteiger partial charge in [0.05, 0.1) is 25.2 Å². The van der Waals surface area contributed by atoms with Crippen LogP contribution >= 0.6 is 0 Å². The number of nitrogens with zero attached hydrogens (tertiary/aromatic N) is 3. The first-order valence-electron chi connectivity index (χ1n) is 9.85. The van der Waals surface area contributed by atoms with Crippen LogP contribution in [0.1, 0.15) is 30.1 Å². The van der Waals surface area contributed by atoms with E-state index >= 15 is 0 Å². The summed E-state index contributed by atoms with van der Waals surface area (Å²) in [6.45, 7) is 4.36. The molecule has 1 atom stereocenters. The molecule has 1 unspecified atom stereocenters. The van der Waals surface area contributed by atoms with Gasteiger partial charge in [-0.05, 0) is 18.8 Å². The summed E-state index contributed by atoms with van der Waals surface area (Å²) < 4.78 is 50.2. The molecule has 1 amide bonds. The lowest BCUT2D eigenvalue weighted by molar-refractivity contribution is -0.192. The number of aliphatic carboxylic acids is 1. The summed E-state index contributed by atoms with van der Waals surface area (Å²) in [6, 6.07) is 0. The minimum atomic E-state index is -5.08. The van der Waals surface area contributed by atoms with Crippen molar-refractivity contribution in [1.29, 1.82) is 0 Å². The van der Waals surface area contributed by atoms with E-state index in [2.05, 4.69) is 9.55 Å². The molecule has 1 aromatic heterocycles. The Morgan fingerprint density at radius 3 is 2.52 bits per heavy atom. The van der Waals surface area contributed by atoms with Crippen molar-refractivity contribution >= 4 is 11.9 Å². The van der Waals surface area contributed by atoms with Crippen LogP contribution in [0.15, 0.2) is 6.33 Å². The molecular formula is C19H28F3N3O6. The van der Waals surface area contributed by atoms with Gasteiger partial charge in [-0.3, -0.25) is 4.79 Å². The zero-order valence-corrected chi connectivity index (χ0v) is 17.6. The number of aromatic nitrogens is 2. The van der Waals surface area contributed by atoms with Gasteiger partial charge in [0.25, 0.3) is 0 Å². The smallest absolute Gasteiger partial charge is 0.475 e. The third-order valence-corrected chi connectivity index (χ3v) is 5.11. The Hall–Kier alpha value is -2.18. The Bertz CT molecular complexity index is 734. The highest BCUT2D eigenvalue weighted by atomic mass is 19.4. The molecule has 0 aromatic carbocycles. The molecule has 1 N–H and O–H groups in total. The second kappa shape index (κ2) is 11.4. The van der Waals surface area contributed by atoms with Gasteiger partial charge in [0.2, 0.25) is 5.91 Å². The van der Waals surface area contributed by atoms with Gasteiger partial charge in [0, 0.05) is 52.1 Å². The number of methoxy groups -OCH3 is 1. The van der Waals surface area contributed by atoms with Crippen molar-refractivity contribution in [3.63, 3.8) is 0 Å². The van der Waals surface area contributed by atoms with Crippen molar-refractivity contribution in [2.24, 2.45) is 13.0 Å². The predicted molar refractivity (Wildman–Crippen MR) is 101 cm³/mol. The van der Waals surface area contributed by atoms with Gasteiger partial charge in [-0.2, -0.15) is 13.2 Å². The Morgan fingerprint density at radius 2 is 1.94 bits per heavy atom. The van der Waals surface area contributed by atoms with Crippen LogP contribution in [0, 0.1) is 5.92 Å². The Labute approximate surface area is 178 Å². The molecule has 0 radical (unpaired) electrons. The topological polar surface area (TPSA) is 103 Å². The van der Waals surface area contributed by atoms with E-state index in [9.17, 15) is 18.0 Å². The van der Waals surface area contributed by atoms with Crippen molar-refractivity contribution in [3.05, 3.63) is 17.7 Å². The number of carbonyl (C=O) groups excluding carboxylic acids is 1. The summed E-state index contributed by atoms with van der Waals surface area (Å²) in [6.07, 6.45) is -1.12. The largest absolute Gasteiger partial charge is 0.490 e. The van der Waals surface area contributed by atoms with Crippen LogP contribution in [0.25, 0.3) is 0 Å². The van der Waals surface area contributed by atoms with Crippen molar-refractivity contribution in [1.82, 2.24) is 14.5 Å². The SMILES string of the molecule is COCC(=O)N1Cc2ncn(C)c2C(COCC2CCOCC2)C1.O=C(O)C(F)(F)F. The lowest BCUT2D eigenvalue weighted by atomic mass is 9.98. The summed E-state index contributed by atoms with van der Waals surface area (Å²) in [7, 11) is 3.55. The van der Waals surface area contributed by atoms with Gasteiger partial charge in [-0.1, -0.05) is 0 Å².